The van der Waals surface area contributed by atoms with Crippen molar-refractivity contribution in [2.45, 2.75) is 52.7 Å². The first-order valence-corrected chi connectivity index (χ1v) is 9.12. The van der Waals surface area contributed by atoms with Crippen LogP contribution in [0.15, 0.2) is 6.07 Å². The van der Waals surface area contributed by atoms with Crippen molar-refractivity contribution in [3.63, 3.8) is 0 Å². The molecule has 2 aliphatic heterocycles. The van der Waals surface area contributed by atoms with Crippen LogP contribution >= 0.6 is 0 Å². The molecule has 2 aliphatic rings. The van der Waals surface area contributed by atoms with Gasteiger partial charge in [0.25, 0.3) is 5.91 Å². The Morgan fingerprint density at radius 3 is 3.08 bits per heavy atom. The second-order valence-corrected chi connectivity index (χ2v) is 6.96. The van der Waals surface area contributed by atoms with E-state index in [1.165, 1.54) is 0 Å². The number of aryl methyl sites for hydroxylation is 2. The summed E-state index contributed by atoms with van der Waals surface area (Å²) in [5.41, 5.74) is 1.52. The van der Waals surface area contributed by atoms with Gasteiger partial charge in [0.1, 0.15) is 5.69 Å². The zero-order valence-electron chi connectivity index (χ0n) is 15.1. The van der Waals surface area contributed by atoms with Gasteiger partial charge in [-0.05, 0) is 46.1 Å². The van der Waals surface area contributed by atoms with E-state index in [4.69, 9.17) is 9.47 Å². The summed E-state index contributed by atoms with van der Waals surface area (Å²) >= 11 is 0. The molecule has 3 heterocycles. The van der Waals surface area contributed by atoms with E-state index in [9.17, 15) is 4.79 Å². The molecule has 2 atom stereocenters. The third-order valence-corrected chi connectivity index (χ3v) is 5.29. The molecule has 1 aromatic heterocycles. The van der Waals surface area contributed by atoms with E-state index < -0.39 is 0 Å². The van der Waals surface area contributed by atoms with Gasteiger partial charge >= 0.3 is 0 Å². The molecule has 1 aromatic rings. The van der Waals surface area contributed by atoms with Crippen LogP contribution in [-0.4, -0.2) is 59.6 Å². The van der Waals surface area contributed by atoms with Crippen molar-refractivity contribution >= 4 is 5.91 Å². The van der Waals surface area contributed by atoms with Gasteiger partial charge in [0, 0.05) is 38.3 Å². The molecule has 0 bridgehead atoms. The van der Waals surface area contributed by atoms with E-state index >= 15 is 0 Å². The number of carbonyl (C=O) groups excluding carboxylic acids is 1. The average Bonchev–Trinajstić information content (AvgIpc) is 2.99. The maximum absolute atomic E-state index is 13.1. The van der Waals surface area contributed by atoms with Crippen LogP contribution in [0.1, 0.15) is 49.3 Å². The molecule has 0 aliphatic carbocycles. The lowest BCUT2D eigenvalue weighted by Gasteiger charge is -2.50. The number of carbonyl (C=O) groups is 1. The SMILES string of the molecule is CCOC[C@@]12CCCO[C@@H]1CCN(C(=O)c1cc(C)nn1CC)C2. The van der Waals surface area contributed by atoms with Crippen LogP contribution in [0.3, 0.4) is 0 Å². The van der Waals surface area contributed by atoms with E-state index in [1.54, 1.807) is 4.68 Å². The Labute approximate surface area is 144 Å². The first-order valence-electron chi connectivity index (χ1n) is 9.12. The highest BCUT2D eigenvalue weighted by Crippen LogP contribution is 2.40. The highest BCUT2D eigenvalue weighted by atomic mass is 16.5. The van der Waals surface area contributed by atoms with E-state index in [0.29, 0.717) is 32.0 Å². The number of nitrogens with zero attached hydrogens (tertiary/aromatic N) is 3. The number of likely N-dealkylation sites (tertiary alicyclic amines) is 1. The van der Waals surface area contributed by atoms with Gasteiger partial charge in [-0.15, -0.1) is 0 Å². The summed E-state index contributed by atoms with van der Waals surface area (Å²) in [5, 5.41) is 4.41. The van der Waals surface area contributed by atoms with Crippen LogP contribution in [0, 0.1) is 12.3 Å². The topological polar surface area (TPSA) is 56.6 Å². The fourth-order valence-electron chi connectivity index (χ4n) is 4.10. The lowest BCUT2D eigenvalue weighted by Crippen LogP contribution is -2.58. The Morgan fingerprint density at radius 2 is 2.33 bits per heavy atom. The molecule has 6 heteroatoms. The van der Waals surface area contributed by atoms with Crippen LogP contribution in [-0.2, 0) is 16.0 Å². The molecule has 1 amide bonds. The van der Waals surface area contributed by atoms with Gasteiger partial charge < -0.3 is 14.4 Å². The quantitative estimate of drug-likeness (QED) is 0.828. The van der Waals surface area contributed by atoms with Crippen LogP contribution in [0.2, 0.25) is 0 Å². The number of rotatable bonds is 5. The van der Waals surface area contributed by atoms with Crippen LogP contribution in [0.5, 0.6) is 0 Å². The Hall–Kier alpha value is -1.40. The predicted octanol–water partition coefficient (Wildman–Crippen LogP) is 2.26. The molecule has 134 valence electrons. The second kappa shape index (κ2) is 7.23. The molecule has 0 spiro atoms. The van der Waals surface area contributed by atoms with E-state index in [0.717, 1.165) is 38.1 Å². The molecule has 6 nitrogen and oxygen atoms in total. The second-order valence-electron chi connectivity index (χ2n) is 6.96. The zero-order chi connectivity index (χ0) is 17.2. The summed E-state index contributed by atoms with van der Waals surface area (Å²) in [6.45, 7) is 10.3. The number of fused-ring (bicyclic) bond motifs is 1. The fourth-order valence-corrected chi connectivity index (χ4v) is 4.10. The van der Waals surface area contributed by atoms with Crippen molar-refractivity contribution < 1.29 is 14.3 Å². The molecule has 0 unspecified atom stereocenters. The summed E-state index contributed by atoms with van der Waals surface area (Å²) in [6, 6.07) is 1.89. The standard InChI is InChI=1S/C18H29N3O3/c1-4-21-15(11-14(3)19-21)17(22)20-9-7-16-18(12-20,13-23-5-2)8-6-10-24-16/h11,16H,4-10,12-13H2,1-3H3/t16-,18+/m1/s1. The molecule has 2 saturated heterocycles. The minimum atomic E-state index is -0.0612. The third-order valence-electron chi connectivity index (χ3n) is 5.29. The summed E-state index contributed by atoms with van der Waals surface area (Å²) in [4.78, 5) is 15.0. The Balaban J connectivity index is 1.80. The van der Waals surface area contributed by atoms with Crippen molar-refractivity contribution in [3.8, 4) is 0 Å². The normalized spacial score (nSPS) is 27.1. The summed E-state index contributed by atoms with van der Waals surface area (Å²) in [6.07, 6.45) is 3.20. The van der Waals surface area contributed by atoms with Crippen LogP contribution in [0.25, 0.3) is 0 Å². The van der Waals surface area contributed by atoms with Crippen molar-refractivity contribution in [1.29, 1.82) is 0 Å². The highest BCUT2D eigenvalue weighted by molar-refractivity contribution is 5.92. The zero-order valence-corrected chi connectivity index (χ0v) is 15.1. The largest absolute Gasteiger partial charge is 0.381 e. The number of ether oxygens (including phenoxy) is 2. The Bertz CT molecular complexity index is 586. The number of hydrogen-bond acceptors (Lipinski definition) is 4. The third kappa shape index (κ3) is 3.22. The van der Waals surface area contributed by atoms with Crippen molar-refractivity contribution in [3.05, 3.63) is 17.5 Å². The van der Waals surface area contributed by atoms with Crippen molar-refractivity contribution in [1.82, 2.24) is 14.7 Å². The van der Waals surface area contributed by atoms with Gasteiger partial charge in [-0.25, -0.2) is 0 Å². The maximum atomic E-state index is 13.1. The molecule has 0 aromatic carbocycles. The minimum Gasteiger partial charge on any atom is -0.381 e. The van der Waals surface area contributed by atoms with E-state index in [-0.39, 0.29) is 17.4 Å². The van der Waals surface area contributed by atoms with Crippen molar-refractivity contribution in [2.24, 2.45) is 5.41 Å². The van der Waals surface area contributed by atoms with Crippen LogP contribution < -0.4 is 0 Å². The van der Waals surface area contributed by atoms with Gasteiger partial charge in [-0.1, -0.05) is 0 Å². The monoisotopic (exact) mass is 335 g/mol. The number of aromatic nitrogens is 2. The number of piperidine rings is 1. The summed E-state index contributed by atoms with van der Waals surface area (Å²) in [5.74, 6) is 0.0809. The molecule has 24 heavy (non-hydrogen) atoms. The summed E-state index contributed by atoms with van der Waals surface area (Å²) < 4.78 is 13.6. The van der Waals surface area contributed by atoms with Crippen molar-refractivity contribution in [2.75, 3.05) is 32.9 Å². The molecular weight excluding hydrogens is 306 g/mol. The first-order chi connectivity index (χ1) is 11.6. The van der Waals surface area contributed by atoms with Gasteiger partial charge in [0.2, 0.25) is 0 Å². The van der Waals surface area contributed by atoms with Gasteiger partial charge in [-0.3, -0.25) is 9.48 Å². The lowest BCUT2D eigenvalue weighted by molar-refractivity contribution is -0.146. The predicted molar refractivity (Wildman–Crippen MR) is 91.1 cm³/mol. The molecule has 0 saturated carbocycles. The van der Waals surface area contributed by atoms with Gasteiger partial charge in [-0.2, -0.15) is 5.10 Å². The highest BCUT2D eigenvalue weighted by Gasteiger charge is 2.47. The number of hydrogen-bond donors (Lipinski definition) is 0. The molecule has 0 N–H and O–H groups in total. The molecular formula is C18H29N3O3. The summed E-state index contributed by atoms with van der Waals surface area (Å²) in [7, 11) is 0. The lowest BCUT2D eigenvalue weighted by atomic mass is 9.73. The van der Waals surface area contributed by atoms with Gasteiger partial charge in [0.15, 0.2) is 0 Å². The molecule has 0 radical (unpaired) electrons. The Kier molecular flexibility index (Phi) is 5.25. The van der Waals surface area contributed by atoms with E-state index in [1.807, 2.05) is 31.7 Å². The van der Waals surface area contributed by atoms with Crippen LogP contribution in [0.4, 0.5) is 0 Å². The minimum absolute atomic E-state index is 0.0612. The first kappa shape index (κ1) is 17.4. The Morgan fingerprint density at radius 1 is 1.50 bits per heavy atom. The smallest absolute Gasteiger partial charge is 0.272 e. The molecule has 3 rings (SSSR count). The van der Waals surface area contributed by atoms with E-state index in [2.05, 4.69) is 5.10 Å². The van der Waals surface area contributed by atoms with Gasteiger partial charge in [0.05, 0.1) is 18.4 Å². The number of amides is 1. The average molecular weight is 335 g/mol. The molecule has 2 fully saturated rings. The fraction of sp³-hybridized carbons (Fsp3) is 0.778. The maximum Gasteiger partial charge on any atom is 0.272 e.